The number of esters is 1. The van der Waals surface area contributed by atoms with Crippen molar-refractivity contribution in [2.24, 2.45) is 5.92 Å². The summed E-state index contributed by atoms with van der Waals surface area (Å²) in [6.45, 7) is 7.16. The van der Waals surface area contributed by atoms with Gasteiger partial charge in [-0.15, -0.1) is 0 Å². The van der Waals surface area contributed by atoms with E-state index in [1.807, 2.05) is 25.4 Å². The maximum absolute atomic E-state index is 11.6. The lowest BCUT2D eigenvalue weighted by Crippen LogP contribution is -2.05. The van der Waals surface area contributed by atoms with E-state index in [1.165, 1.54) is 7.11 Å². The minimum atomic E-state index is -0.308. The van der Waals surface area contributed by atoms with Crippen molar-refractivity contribution in [3.8, 4) is 0 Å². The number of hydrogen-bond acceptors (Lipinski definition) is 3. The summed E-state index contributed by atoms with van der Waals surface area (Å²) in [5.74, 6) is 0.224. The molecule has 0 bridgehead atoms. The molecular weight excluding hydrogens is 228 g/mol. The quantitative estimate of drug-likeness (QED) is 0.782. The molecule has 0 amide bonds. The van der Waals surface area contributed by atoms with Crippen molar-refractivity contribution in [2.45, 2.75) is 27.3 Å². The number of nitrogens with zero attached hydrogens (tertiary/aromatic N) is 2. The summed E-state index contributed by atoms with van der Waals surface area (Å²) in [6.07, 6.45) is 1.83. The molecule has 1 heterocycles. The molecule has 0 radical (unpaired) electrons. The summed E-state index contributed by atoms with van der Waals surface area (Å²) in [5, 5.41) is 0. The van der Waals surface area contributed by atoms with Crippen LogP contribution in [0.25, 0.3) is 11.0 Å². The van der Waals surface area contributed by atoms with Crippen LogP contribution in [0, 0.1) is 12.8 Å². The van der Waals surface area contributed by atoms with Gasteiger partial charge in [-0.1, -0.05) is 13.8 Å². The molecule has 1 aromatic heterocycles. The number of ether oxygens (including phenoxy) is 1. The Morgan fingerprint density at radius 3 is 2.78 bits per heavy atom. The van der Waals surface area contributed by atoms with Crippen molar-refractivity contribution in [3.63, 3.8) is 0 Å². The van der Waals surface area contributed by atoms with Crippen LogP contribution < -0.4 is 0 Å². The lowest BCUT2D eigenvalue weighted by molar-refractivity contribution is 0.0601. The standard InChI is InChI=1S/C14H18N2O2/c1-9(2)7-16-8-15-13-10(3)5-11(6-12(13)16)14(17)18-4/h5-6,8-9H,7H2,1-4H3. The Kier molecular flexibility index (Phi) is 3.36. The van der Waals surface area contributed by atoms with Gasteiger partial charge in [-0.05, 0) is 30.5 Å². The molecule has 0 aliphatic heterocycles. The van der Waals surface area contributed by atoms with E-state index < -0.39 is 0 Å². The minimum Gasteiger partial charge on any atom is -0.465 e. The first-order chi connectivity index (χ1) is 8.52. The molecule has 4 heteroatoms. The van der Waals surface area contributed by atoms with E-state index in [9.17, 15) is 4.79 Å². The third kappa shape index (κ3) is 2.23. The van der Waals surface area contributed by atoms with Gasteiger partial charge in [0.05, 0.1) is 30.0 Å². The molecule has 2 rings (SSSR count). The largest absolute Gasteiger partial charge is 0.465 e. The number of imidazole rings is 1. The van der Waals surface area contributed by atoms with Crippen LogP contribution in [0.1, 0.15) is 29.8 Å². The van der Waals surface area contributed by atoms with Crippen LogP contribution in [-0.2, 0) is 11.3 Å². The number of benzene rings is 1. The first kappa shape index (κ1) is 12.6. The van der Waals surface area contributed by atoms with Crippen molar-refractivity contribution in [1.82, 2.24) is 9.55 Å². The van der Waals surface area contributed by atoms with E-state index in [0.717, 1.165) is 23.1 Å². The highest BCUT2D eigenvalue weighted by atomic mass is 16.5. The summed E-state index contributed by atoms with van der Waals surface area (Å²) in [5.41, 5.74) is 3.51. The lowest BCUT2D eigenvalue weighted by Gasteiger charge is -2.08. The van der Waals surface area contributed by atoms with Crippen LogP contribution in [0.3, 0.4) is 0 Å². The van der Waals surface area contributed by atoms with Crippen LogP contribution in [-0.4, -0.2) is 22.6 Å². The second-order valence-electron chi connectivity index (χ2n) is 4.94. The van der Waals surface area contributed by atoms with Crippen molar-refractivity contribution in [1.29, 1.82) is 0 Å². The number of fused-ring (bicyclic) bond motifs is 1. The molecule has 0 N–H and O–H groups in total. The first-order valence-corrected chi connectivity index (χ1v) is 6.06. The van der Waals surface area contributed by atoms with Gasteiger partial charge < -0.3 is 9.30 Å². The van der Waals surface area contributed by atoms with Gasteiger partial charge in [0.2, 0.25) is 0 Å². The molecule has 4 nitrogen and oxygen atoms in total. The Morgan fingerprint density at radius 2 is 2.17 bits per heavy atom. The molecular formula is C14H18N2O2. The van der Waals surface area contributed by atoms with Crippen molar-refractivity contribution in [2.75, 3.05) is 7.11 Å². The Hall–Kier alpha value is -1.84. The van der Waals surface area contributed by atoms with Crippen LogP contribution >= 0.6 is 0 Å². The number of methoxy groups -OCH3 is 1. The maximum atomic E-state index is 11.6. The summed E-state index contributed by atoms with van der Waals surface area (Å²) < 4.78 is 6.85. The van der Waals surface area contributed by atoms with Crippen molar-refractivity contribution < 1.29 is 9.53 Å². The van der Waals surface area contributed by atoms with Crippen LogP contribution in [0.15, 0.2) is 18.5 Å². The molecule has 0 aliphatic carbocycles. The van der Waals surface area contributed by atoms with Gasteiger partial charge in [0, 0.05) is 6.54 Å². The van der Waals surface area contributed by atoms with Crippen molar-refractivity contribution >= 4 is 17.0 Å². The minimum absolute atomic E-state index is 0.308. The second kappa shape index (κ2) is 4.80. The molecule has 0 unspecified atom stereocenters. The highest BCUT2D eigenvalue weighted by molar-refractivity contribution is 5.94. The number of carbonyl (C=O) groups is 1. The van der Waals surface area contributed by atoms with Gasteiger partial charge in [-0.3, -0.25) is 0 Å². The van der Waals surface area contributed by atoms with Gasteiger partial charge in [-0.2, -0.15) is 0 Å². The van der Waals surface area contributed by atoms with Gasteiger partial charge in [0.15, 0.2) is 0 Å². The molecule has 0 fully saturated rings. The maximum Gasteiger partial charge on any atom is 0.337 e. The van der Waals surface area contributed by atoms with E-state index in [2.05, 4.69) is 23.4 Å². The van der Waals surface area contributed by atoms with Crippen LogP contribution in [0.4, 0.5) is 0 Å². The fraction of sp³-hybridized carbons (Fsp3) is 0.429. The molecule has 0 atom stereocenters. The van der Waals surface area contributed by atoms with Gasteiger partial charge in [0.1, 0.15) is 0 Å². The fourth-order valence-electron chi connectivity index (χ4n) is 2.11. The zero-order chi connectivity index (χ0) is 13.3. The SMILES string of the molecule is COC(=O)c1cc(C)c2ncn(CC(C)C)c2c1. The second-order valence-corrected chi connectivity index (χ2v) is 4.94. The molecule has 0 saturated carbocycles. The normalized spacial score (nSPS) is 11.2. The third-order valence-electron chi connectivity index (χ3n) is 2.90. The lowest BCUT2D eigenvalue weighted by atomic mass is 10.1. The average Bonchev–Trinajstić information content (AvgIpc) is 2.71. The molecule has 2 aromatic rings. The predicted octanol–water partition coefficient (Wildman–Crippen LogP) is 2.79. The first-order valence-electron chi connectivity index (χ1n) is 6.06. The fourth-order valence-corrected chi connectivity index (χ4v) is 2.11. The van der Waals surface area contributed by atoms with Gasteiger partial charge in [-0.25, -0.2) is 9.78 Å². The van der Waals surface area contributed by atoms with E-state index in [0.29, 0.717) is 11.5 Å². The summed E-state index contributed by atoms with van der Waals surface area (Å²) in [4.78, 5) is 16.0. The van der Waals surface area contributed by atoms with E-state index in [-0.39, 0.29) is 5.97 Å². The van der Waals surface area contributed by atoms with E-state index >= 15 is 0 Å². The number of carbonyl (C=O) groups excluding carboxylic acids is 1. The zero-order valence-electron chi connectivity index (χ0n) is 11.2. The monoisotopic (exact) mass is 246 g/mol. The Balaban J connectivity index is 2.57. The third-order valence-corrected chi connectivity index (χ3v) is 2.90. The average molecular weight is 246 g/mol. The summed E-state index contributed by atoms with van der Waals surface area (Å²) in [7, 11) is 1.40. The van der Waals surface area contributed by atoms with Gasteiger partial charge in [0.25, 0.3) is 0 Å². The summed E-state index contributed by atoms with van der Waals surface area (Å²) in [6, 6.07) is 3.67. The predicted molar refractivity (Wildman–Crippen MR) is 70.6 cm³/mol. The molecule has 0 aliphatic rings. The molecule has 18 heavy (non-hydrogen) atoms. The highest BCUT2D eigenvalue weighted by Gasteiger charge is 2.12. The van der Waals surface area contributed by atoms with Crippen LogP contribution in [0.2, 0.25) is 0 Å². The smallest absolute Gasteiger partial charge is 0.337 e. The molecule has 0 spiro atoms. The van der Waals surface area contributed by atoms with Gasteiger partial charge >= 0.3 is 5.97 Å². The molecule has 96 valence electrons. The number of rotatable bonds is 3. The molecule has 0 saturated heterocycles. The van der Waals surface area contributed by atoms with Crippen LogP contribution in [0.5, 0.6) is 0 Å². The number of aryl methyl sites for hydroxylation is 1. The Morgan fingerprint density at radius 1 is 1.44 bits per heavy atom. The topological polar surface area (TPSA) is 44.1 Å². The Bertz CT molecular complexity index is 585. The van der Waals surface area contributed by atoms with Crippen molar-refractivity contribution in [3.05, 3.63) is 29.6 Å². The number of aromatic nitrogens is 2. The van der Waals surface area contributed by atoms with E-state index in [1.54, 1.807) is 0 Å². The molecule has 1 aromatic carbocycles. The summed E-state index contributed by atoms with van der Waals surface area (Å²) >= 11 is 0. The highest BCUT2D eigenvalue weighted by Crippen LogP contribution is 2.21. The Labute approximate surface area is 107 Å². The zero-order valence-corrected chi connectivity index (χ0v) is 11.2. The number of hydrogen-bond donors (Lipinski definition) is 0. The van der Waals surface area contributed by atoms with E-state index in [4.69, 9.17) is 4.74 Å².